The van der Waals surface area contributed by atoms with Crippen molar-refractivity contribution < 1.29 is 4.74 Å². The van der Waals surface area contributed by atoms with Gasteiger partial charge in [0, 0.05) is 17.0 Å². The molecule has 1 heterocycles. The highest BCUT2D eigenvalue weighted by Gasteiger charge is 2.22. The summed E-state index contributed by atoms with van der Waals surface area (Å²) in [5.74, 6) is 0.438. The highest BCUT2D eigenvalue weighted by Crippen LogP contribution is 2.38. The zero-order chi connectivity index (χ0) is 14.9. The molecule has 2 N–H and O–H groups in total. The first-order valence-corrected chi connectivity index (χ1v) is 8.03. The molecule has 0 saturated heterocycles. The zero-order valence-corrected chi connectivity index (χ0v) is 14.2. The van der Waals surface area contributed by atoms with Crippen LogP contribution in [0.1, 0.15) is 17.9 Å². The molecule has 2 atom stereocenters. The minimum Gasteiger partial charge on any atom is -0.482 e. The Balaban J connectivity index is 2.32. The van der Waals surface area contributed by atoms with E-state index in [0.717, 1.165) is 4.88 Å². The molecule has 0 spiro atoms. The van der Waals surface area contributed by atoms with Gasteiger partial charge in [-0.05, 0) is 25.1 Å². The van der Waals surface area contributed by atoms with Crippen LogP contribution in [-0.4, -0.2) is 6.04 Å². The number of halogens is 4. The maximum atomic E-state index is 6.11. The predicted octanol–water partition coefficient (Wildman–Crippen LogP) is 5.83. The van der Waals surface area contributed by atoms with Crippen LogP contribution >= 0.6 is 57.7 Å². The third kappa shape index (κ3) is 3.73. The summed E-state index contributed by atoms with van der Waals surface area (Å²) in [6.45, 7) is 1.85. The van der Waals surface area contributed by atoms with E-state index < -0.39 is 0 Å². The average Bonchev–Trinajstić information content (AvgIpc) is 2.78. The van der Waals surface area contributed by atoms with Crippen LogP contribution in [0.5, 0.6) is 5.75 Å². The molecule has 0 aliphatic carbocycles. The molecule has 2 aromatic rings. The van der Waals surface area contributed by atoms with Crippen molar-refractivity contribution in [3.63, 3.8) is 0 Å². The minimum atomic E-state index is -0.359. The molecule has 1 aromatic heterocycles. The molecule has 2 nitrogen and oxygen atoms in total. The minimum absolute atomic E-state index is 0.241. The van der Waals surface area contributed by atoms with Crippen LogP contribution in [0.25, 0.3) is 0 Å². The molecule has 1 aromatic carbocycles. The van der Waals surface area contributed by atoms with E-state index in [9.17, 15) is 0 Å². The zero-order valence-electron chi connectivity index (χ0n) is 10.4. The Hall–Kier alpha value is -0.160. The monoisotopic (exact) mass is 369 g/mol. The van der Waals surface area contributed by atoms with Crippen molar-refractivity contribution in [3.05, 3.63) is 48.5 Å². The van der Waals surface area contributed by atoms with Gasteiger partial charge in [0.2, 0.25) is 0 Å². The van der Waals surface area contributed by atoms with Gasteiger partial charge in [-0.2, -0.15) is 0 Å². The summed E-state index contributed by atoms with van der Waals surface area (Å²) >= 11 is 25.3. The number of thiophene rings is 1. The lowest BCUT2D eigenvalue weighted by atomic mass is 10.1. The van der Waals surface area contributed by atoms with E-state index in [1.165, 1.54) is 11.3 Å². The predicted molar refractivity (Wildman–Crippen MR) is 87.8 cm³/mol. The number of ether oxygens (including phenoxy) is 1. The molecule has 0 bridgehead atoms. The van der Waals surface area contributed by atoms with E-state index in [4.69, 9.17) is 56.9 Å². The van der Waals surface area contributed by atoms with Crippen molar-refractivity contribution in [1.82, 2.24) is 0 Å². The Morgan fingerprint density at radius 1 is 1.05 bits per heavy atom. The van der Waals surface area contributed by atoms with E-state index >= 15 is 0 Å². The highest BCUT2D eigenvalue weighted by molar-refractivity contribution is 7.16. The molecule has 0 aliphatic heterocycles. The van der Waals surface area contributed by atoms with Crippen LogP contribution in [0.3, 0.4) is 0 Å². The van der Waals surface area contributed by atoms with Crippen LogP contribution in [0, 0.1) is 0 Å². The summed E-state index contributed by atoms with van der Waals surface area (Å²) < 4.78 is 6.57. The van der Waals surface area contributed by atoms with Crippen LogP contribution < -0.4 is 10.5 Å². The van der Waals surface area contributed by atoms with Gasteiger partial charge >= 0.3 is 0 Å². The fourth-order valence-corrected chi connectivity index (χ4v) is 3.42. The number of nitrogens with two attached hydrogens (primary N) is 1. The molecule has 108 valence electrons. The Labute approximate surface area is 141 Å². The summed E-state index contributed by atoms with van der Waals surface area (Å²) in [6.07, 6.45) is -0.359. The van der Waals surface area contributed by atoms with Gasteiger partial charge in [0.15, 0.2) is 0 Å². The first-order valence-electron chi connectivity index (χ1n) is 5.70. The quantitative estimate of drug-likeness (QED) is 0.687. The van der Waals surface area contributed by atoms with Crippen molar-refractivity contribution in [3.8, 4) is 5.75 Å². The normalized spacial score (nSPS) is 14.1. The third-order valence-corrected chi connectivity index (χ3v) is 4.89. The molecular formula is C13H11Cl4NOS. The number of rotatable bonds is 4. The summed E-state index contributed by atoms with van der Waals surface area (Å²) in [5, 5.41) is 1.13. The summed E-state index contributed by atoms with van der Waals surface area (Å²) in [6, 6.07) is 6.57. The van der Waals surface area contributed by atoms with Gasteiger partial charge in [-0.25, -0.2) is 0 Å². The van der Waals surface area contributed by atoms with Gasteiger partial charge in [-0.1, -0.05) is 46.4 Å². The average molecular weight is 371 g/mol. The topological polar surface area (TPSA) is 35.2 Å². The van der Waals surface area contributed by atoms with E-state index in [1.807, 2.05) is 13.0 Å². The molecule has 0 amide bonds. The summed E-state index contributed by atoms with van der Waals surface area (Å²) in [7, 11) is 0. The van der Waals surface area contributed by atoms with Crippen molar-refractivity contribution in [2.24, 2.45) is 5.73 Å². The van der Waals surface area contributed by atoms with Gasteiger partial charge in [0.25, 0.3) is 0 Å². The van der Waals surface area contributed by atoms with Crippen LogP contribution in [0.4, 0.5) is 0 Å². The van der Waals surface area contributed by atoms with Crippen molar-refractivity contribution in [1.29, 1.82) is 0 Å². The molecule has 0 fully saturated rings. The maximum Gasteiger partial charge on any atom is 0.148 e. The standard InChI is InChI=1S/C13H11Cl4NOS/c1-6(18)13(11-2-3-12(17)20-11)19-10-5-8(15)7(14)4-9(10)16/h2-6,13H,18H2,1H3. The van der Waals surface area contributed by atoms with Gasteiger partial charge in [0.1, 0.15) is 11.9 Å². The fraction of sp³-hybridized carbons (Fsp3) is 0.231. The molecular weight excluding hydrogens is 360 g/mol. The molecule has 7 heteroatoms. The Morgan fingerprint density at radius 3 is 2.25 bits per heavy atom. The van der Waals surface area contributed by atoms with E-state index in [-0.39, 0.29) is 12.1 Å². The smallest absolute Gasteiger partial charge is 0.148 e. The van der Waals surface area contributed by atoms with E-state index in [2.05, 4.69) is 0 Å². The Morgan fingerprint density at radius 2 is 1.70 bits per heavy atom. The van der Waals surface area contributed by atoms with E-state index in [1.54, 1.807) is 18.2 Å². The third-order valence-electron chi connectivity index (χ3n) is 2.58. The first kappa shape index (κ1) is 16.2. The Bertz CT molecular complexity index is 614. The molecule has 0 radical (unpaired) electrons. The van der Waals surface area contributed by atoms with Crippen LogP contribution in [-0.2, 0) is 0 Å². The van der Waals surface area contributed by atoms with Crippen molar-refractivity contribution in [2.45, 2.75) is 19.1 Å². The van der Waals surface area contributed by atoms with Gasteiger partial charge in [-0.15, -0.1) is 11.3 Å². The lowest BCUT2D eigenvalue weighted by Crippen LogP contribution is -2.28. The molecule has 0 saturated carbocycles. The highest BCUT2D eigenvalue weighted by atomic mass is 35.5. The molecule has 2 unspecified atom stereocenters. The fourth-order valence-electron chi connectivity index (χ4n) is 1.64. The second-order valence-corrected chi connectivity index (χ2v) is 7.20. The second-order valence-electron chi connectivity index (χ2n) is 4.24. The lowest BCUT2D eigenvalue weighted by molar-refractivity contribution is 0.184. The van der Waals surface area contributed by atoms with Gasteiger partial charge < -0.3 is 10.5 Å². The van der Waals surface area contributed by atoms with Crippen molar-refractivity contribution in [2.75, 3.05) is 0 Å². The number of benzene rings is 1. The van der Waals surface area contributed by atoms with Gasteiger partial charge in [-0.3, -0.25) is 0 Å². The van der Waals surface area contributed by atoms with Crippen LogP contribution in [0.2, 0.25) is 19.4 Å². The van der Waals surface area contributed by atoms with Gasteiger partial charge in [0.05, 0.1) is 19.4 Å². The molecule has 20 heavy (non-hydrogen) atoms. The van der Waals surface area contributed by atoms with Crippen LogP contribution in [0.15, 0.2) is 24.3 Å². The lowest BCUT2D eigenvalue weighted by Gasteiger charge is -2.22. The van der Waals surface area contributed by atoms with E-state index in [0.29, 0.717) is 25.2 Å². The number of hydrogen-bond acceptors (Lipinski definition) is 3. The molecule has 2 rings (SSSR count). The first-order chi connectivity index (χ1) is 9.38. The maximum absolute atomic E-state index is 6.11. The molecule has 0 aliphatic rings. The SMILES string of the molecule is CC(N)C(Oc1cc(Cl)c(Cl)cc1Cl)c1ccc(Cl)s1. The number of hydrogen-bond donors (Lipinski definition) is 1. The second kappa shape index (κ2) is 6.73. The van der Waals surface area contributed by atoms with Crippen molar-refractivity contribution >= 4 is 57.7 Å². The summed E-state index contributed by atoms with van der Waals surface area (Å²) in [4.78, 5) is 0.923. The largest absolute Gasteiger partial charge is 0.482 e. The summed E-state index contributed by atoms with van der Waals surface area (Å²) in [5.41, 5.74) is 5.98. The Kier molecular flexibility index (Phi) is 5.46.